The van der Waals surface area contributed by atoms with Gasteiger partial charge in [-0.15, -0.1) is 0 Å². The molecular weight excluding hydrogens is 159 g/mol. The van der Waals surface area contributed by atoms with Gasteiger partial charge in [-0.2, -0.15) is 0 Å². The van der Waals surface area contributed by atoms with E-state index in [1.54, 1.807) is 0 Å². The molecule has 0 aliphatic heterocycles. The van der Waals surface area contributed by atoms with E-state index in [0.29, 0.717) is 0 Å². The van der Waals surface area contributed by atoms with Gasteiger partial charge in [0.05, 0.1) is 9.39 Å². The van der Waals surface area contributed by atoms with Crippen molar-refractivity contribution in [2.75, 3.05) is 0 Å². The molecule has 0 aliphatic carbocycles. The molecule has 0 spiro atoms. The average molecular weight is 168 g/mol. The van der Waals surface area contributed by atoms with Crippen molar-refractivity contribution < 1.29 is 24.6 Å². The molecule has 0 nitrogen and oxygen atoms in total. The molecule has 5 heteroatoms. The van der Waals surface area contributed by atoms with Crippen molar-refractivity contribution in [2.24, 2.45) is 0 Å². The first kappa shape index (κ1) is 25.6. The summed E-state index contributed by atoms with van der Waals surface area (Å²) in [5.41, 5.74) is 0. The smallest absolute Gasteiger partial charge is 1.00 e. The maximum absolute atomic E-state index is 3.67. The van der Waals surface area contributed by atoms with Gasteiger partial charge in [0.25, 0.3) is 0 Å². The zero-order valence-corrected chi connectivity index (χ0v) is 8.52. The Bertz CT molecular complexity index is 17.7. The van der Waals surface area contributed by atoms with Crippen LogP contribution in [0.1, 0.15) is 2.85 Å². The van der Waals surface area contributed by atoms with Crippen molar-refractivity contribution in [3.8, 4) is 0 Å². The Hall–Kier alpha value is 2.58. The topological polar surface area (TPSA) is 0 Å². The summed E-state index contributed by atoms with van der Waals surface area (Å²) in [7, 11) is 1.00. The molecule has 0 aromatic carbocycles. The Morgan fingerprint density at radius 2 is 1.40 bits per heavy atom. The van der Waals surface area contributed by atoms with Crippen LogP contribution < -0.4 is 0 Å². The van der Waals surface area contributed by atoms with E-state index in [0.717, 1.165) is 9.39 Å². The van der Waals surface area contributed by atoms with Gasteiger partial charge in [-0.05, 0) is 0 Å². The van der Waals surface area contributed by atoms with Gasteiger partial charge in [-0.3, -0.25) is 0 Å². The van der Waals surface area contributed by atoms with Crippen LogP contribution in [0.15, 0.2) is 0 Å². The molecule has 28 valence electrons. The predicted octanol–water partition coefficient (Wildman–Crippen LogP) is -2.15. The molecule has 0 atom stereocenters. The van der Waals surface area contributed by atoms with Gasteiger partial charge in [0.1, 0.15) is 0 Å². The molecule has 0 radical (unpaired) electrons. The Morgan fingerprint density at radius 1 is 1.40 bits per heavy atom. The predicted molar refractivity (Wildman–Crippen MR) is 36.8 cm³/mol. The number of rotatable bonds is 0. The molecule has 0 amide bonds. The van der Waals surface area contributed by atoms with Crippen LogP contribution in [0.2, 0.25) is 0 Å². The monoisotopic (exact) mass is 168 g/mol. The van der Waals surface area contributed by atoms with Crippen LogP contribution in [0.3, 0.4) is 0 Å². The Labute approximate surface area is 85.5 Å². The van der Waals surface area contributed by atoms with Gasteiger partial charge >= 0.3 is 23.1 Å². The number of hydrogen-bond donors (Lipinski definition) is 1. The van der Waals surface area contributed by atoms with E-state index in [4.69, 9.17) is 0 Å². The quantitative estimate of drug-likeness (QED) is 0.310. The minimum absolute atomic E-state index is 0. The second kappa shape index (κ2) is 30.8. The molecule has 0 aromatic rings. The van der Waals surface area contributed by atoms with Gasteiger partial charge in [-0.1, -0.05) is 0 Å². The van der Waals surface area contributed by atoms with Crippen molar-refractivity contribution in [1.29, 1.82) is 0 Å². The van der Waals surface area contributed by atoms with Crippen LogP contribution in [0.5, 0.6) is 0 Å². The first-order valence-electron chi connectivity index (χ1n) is 0.447. The van der Waals surface area contributed by atoms with E-state index in [-0.39, 0.29) is 65.0 Å². The maximum Gasteiger partial charge on any atom is 2.00 e. The van der Waals surface area contributed by atoms with Crippen molar-refractivity contribution in [3.05, 3.63) is 0 Å². The third-order valence-corrected chi connectivity index (χ3v) is 0. The molecule has 5 heavy (non-hydrogen) atoms. The molecule has 0 saturated heterocycles. The van der Waals surface area contributed by atoms with Gasteiger partial charge in [0.2, 0.25) is 0 Å². The second-order valence-corrected chi connectivity index (χ2v) is 0. The zero-order chi connectivity index (χ0) is 2.00. The molecule has 0 unspecified atom stereocenters. The zero-order valence-electron chi connectivity index (χ0n) is 4.65. The van der Waals surface area contributed by atoms with Crippen molar-refractivity contribution >= 4 is 61.9 Å². The molecule has 0 saturated carbocycles. The van der Waals surface area contributed by atoms with Gasteiger partial charge in [0.15, 0.2) is 17.4 Å². The fourth-order valence-electron chi connectivity index (χ4n) is 0. The van der Waals surface area contributed by atoms with Crippen molar-refractivity contribution in [3.63, 3.8) is 0 Å². The molecule has 0 fully saturated rings. The van der Waals surface area contributed by atoms with E-state index in [9.17, 15) is 0 Å². The molecule has 0 aliphatic rings. The van der Waals surface area contributed by atoms with E-state index >= 15 is 0 Å². The van der Waals surface area contributed by atoms with Crippen LogP contribution >= 0.6 is 12.1 Å². The summed E-state index contributed by atoms with van der Waals surface area (Å²) in [5.74, 6) is 0. The van der Waals surface area contributed by atoms with Crippen molar-refractivity contribution in [2.45, 2.75) is 0 Å². The third-order valence-electron chi connectivity index (χ3n) is 0. The minimum atomic E-state index is 0. The standard InChI is InChI=1S/Al.Mg.H4SSi.Ti.5H/c;;1-2;;;;;;/h;;1H,2H3;;;;;;/q;+2;;;;;;2*-1. The van der Waals surface area contributed by atoms with Gasteiger partial charge in [-0.25, -0.2) is 12.1 Å². The van der Waals surface area contributed by atoms with E-state index < -0.39 is 0 Å². The fourth-order valence-corrected chi connectivity index (χ4v) is 0. The van der Waals surface area contributed by atoms with Gasteiger partial charge < -0.3 is 2.85 Å². The number of thiol groups is 1. The van der Waals surface area contributed by atoms with Crippen LogP contribution in [0.25, 0.3) is 0 Å². The summed E-state index contributed by atoms with van der Waals surface area (Å²) in [6.07, 6.45) is 0. The molecule has 0 bridgehead atoms. The summed E-state index contributed by atoms with van der Waals surface area (Å²) in [6, 6.07) is 0. The maximum atomic E-state index is 3.67. The Kier molecular flexibility index (Phi) is 158. The minimum Gasteiger partial charge on any atom is -1.00 e. The van der Waals surface area contributed by atoms with Crippen LogP contribution in [0.4, 0.5) is 0 Å². The van der Waals surface area contributed by atoms with E-state index in [1.165, 1.54) is 0 Å². The van der Waals surface area contributed by atoms with E-state index in [2.05, 4.69) is 12.1 Å². The molecule has 0 aromatic heterocycles. The summed E-state index contributed by atoms with van der Waals surface area (Å²) in [5, 5.41) is 0. The van der Waals surface area contributed by atoms with Crippen LogP contribution in [0, 0.1) is 0 Å². The SMILES string of the molecule is [AlH3].[H-].[H-].[Mg+2].[SiH3]S.[Ti]. The average Bonchev–Trinajstić information content (AvgIpc) is 1.00. The summed E-state index contributed by atoms with van der Waals surface area (Å²) < 4.78 is 0. The summed E-state index contributed by atoms with van der Waals surface area (Å²) >= 11 is 3.67. The first-order chi connectivity index (χ1) is 1.00. The molecule has 0 N–H and O–H groups in total. The van der Waals surface area contributed by atoms with Crippen LogP contribution in [-0.2, 0) is 21.7 Å². The normalized spacial score (nSPS) is 1.80. The second-order valence-electron chi connectivity index (χ2n) is 0. The largest absolute Gasteiger partial charge is 2.00 e. The Morgan fingerprint density at radius 3 is 1.40 bits per heavy atom. The summed E-state index contributed by atoms with van der Waals surface area (Å²) in [4.78, 5) is 0. The Balaban J connectivity index is -0.000000000500. The fraction of sp³-hybridized carbons (Fsp3) is 0. The van der Waals surface area contributed by atoms with Crippen molar-refractivity contribution in [1.82, 2.24) is 0 Å². The molecule has 0 rings (SSSR count). The van der Waals surface area contributed by atoms with Crippen LogP contribution in [-0.4, -0.2) is 49.8 Å². The number of hydrogen-bond acceptors (Lipinski definition) is 1. The molecule has 0 heterocycles. The molecular formula is H9AlMgSSiTi. The van der Waals surface area contributed by atoms with Gasteiger partial charge in [0, 0.05) is 21.7 Å². The van der Waals surface area contributed by atoms with E-state index in [1.807, 2.05) is 0 Å². The summed E-state index contributed by atoms with van der Waals surface area (Å²) in [6.45, 7) is 0. The first-order valence-corrected chi connectivity index (χ1v) is 4.02. The third kappa shape index (κ3) is 20.7.